The van der Waals surface area contributed by atoms with Gasteiger partial charge in [-0.25, -0.2) is 0 Å². The number of carboxylic acid groups (broad SMARTS) is 1. The van der Waals surface area contributed by atoms with Crippen LogP contribution in [0.4, 0.5) is 0 Å². The van der Waals surface area contributed by atoms with Crippen LogP contribution < -0.4 is 0 Å². The fraction of sp³-hybridized carbons (Fsp3) is 0.211. The monoisotopic (exact) mass is 278 g/mol. The molecule has 2 heteroatoms. The highest BCUT2D eigenvalue weighted by atomic mass is 16.4. The average molecular weight is 278 g/mol. The van der Waals surface area contributed by atoms with Gasteiger partial charge in [0.15, 0.2) is 0 Å². The van der Waals surface area contributed by atoms with Crippen LogP contribution in [0, 0.1) is 18.8 Å². The summed E-state index contributed by atoms with van der Waals surface area (Å²) in [7, 11) is 0. The first-order chi connectivity index (χ1) is 10.1. The van der Waals surface area contributed by atoms with Gasteiger partial charge in [0, 0.05) is 17.5 Å². The Morgan fingerprint density at radius 3 is 2.43 bits per heavy atom. The Hall–Kier alpha value is -2.53. The molecule has 0 heterocycles. The molecule has 0 aliphatic rings. The highest BCUT2D eigenvalue weighted by Crippen LogP contribution is 2.09. The van der Waals surface area contributed by atoms with Gasteiger partial charge < -0.3 is 5.11 Å². The van der Waals surface area contributed by atoms with Gasteiger partial charge in [-0.05, 0) is 49.1 Å². The van der Waals surface area contributed by atoms with Crippen molar-refractivity contribution >= 4 is 5.97 Å². The molecule has 2 rings (SSSR count). The average Bonchev–Trinajstić information content (AvgIpc) is 2.47. The van der Waals surface area contributed by atoms with Crippen LogP contribution in [0.25, 0.3) is 0 Å². The van der Waals surface area contributed by atoms with Crippen LogP contribution in [0.2, 0.25) is 0 Å². The van der Waals surface area contributed by atoms with Gasteiger partial charge in [0.25, 0.3) is 0 Å². The number of benzene rings is 2. The number of rotatable bonds is 4. The largest absolute Gasteiger partial charge is 0.481 e. The van der Waals surface area contributed by atoms with Gasteiger partial charge in [-0.1, -0.05) is 42.2 Å². The Morgan fingerprint density at radius 1 is 1.05 bits per heavy atom. The van der Waals surface area contributed by atoms with Crippen molar-refractivity contribution in [3.05, 3.63) is 70.8 Å². The lowest BCUT2D eigenvalue weighted by Crippen LogP contribution is -1.95. The molecule has 2 aromatic rings. The Morgan fingerprint density at radius 2 is 1.76 bits per heavy atom. The summed E-state index contributed by atoms with van der Waals surface area (Å²) in [5.74, 6) is 5.60. The van der Waals surface area contributed by atoms with E-state index in [1.54, 1.807) is 0 Å². The van der Waals surface area contributed by atoms with E-state index in [2.05, 4.69) is 24.8 Å². The highest BCUT2D eigenvalue weighted by molar-refractivity contribution is 5.66. The molecule has 106 valence electrons. The molecular formula is C19H18O2. The first-order valence-corrected chi connectivity index (χ1v) is 7.03. The Kier molecular flexibility index (Phi) is 5.17. The van der Waals surface area contributed by atoms with E-state index in [9.17, 15) is 4.79 Å². The normalized spacial score (nSPS) is 9.76. The maximum absolute atomic E-state index is 10.5. The molecular weight excluding hydrogens is 260 g/mol. The molecule has 0 aliphatic heterocycles. The molecule has 0 radical (unpaired) electrons. The zero-order chi connectivity index (χ0) is 15.1. The lowest BCUT2D eigenvalue weighted by atomic mass is 10.1. The maximum Gasteiger partial charge on any atom is 0.303 e. The van der Waals surface area contributed by atoms with Crippen LogP contribution in [0.3, 0.4) is 0 Å². The predicted molar refractivity (Wildman–Crippen MR) is 84.2 cm³/mol. The number of hydrogen-bond acceptors (Lipinski definition) is 1. The summed E-state index contributed by atoms with van der Waals surface area (Å²) in [6, 6.07) is 16.1. The van der Waals surface area contributed by atoms with E-state index >= 15 is 0 Å². The third kappa shape index (κ3) is 4.81. The Bertz CT molecular complexity index is 673. The summed E-state index contributed by atoms with van der Waals surface area (Å²) in [5.41, 5.74) is 4.34. The molecule has 0 bridgehead atoms. The molecule has 0 fully saturated rings. The fourth-order valence-corrected chi connectivity index (χ4v) is 2.05. The maximum atomic E-state index is 10.5. The van der Waals surface area contributed by atoms with Crippen LogP contribution in [0.1, 0.15) is 35.1 Å². The summed E-state index contributed by atoms with van der Waals surface area (Å²) in [4.78, 5) is 10.5. The van der Waals surface area contributed by atoms with Crippen molar-refractivity contribution in [2.75, 3.05) is 0 Å². The van der Waals surface area contributed by atoms with Crippen molar-refractivity contribution in [1.82, 2.24) is 0 Å². The second-order valence-corrected chi connectivity index (χ2v) is 5.01. The van der Waals surface area contributed by atoms with Gasteiger partial charge in [-0.15, -0.1) is 0 Å². The van der Waals surface area contributed by atoms with E-state index in [1.165, 1.54) is 5.56 Å². The van der Waals surface area contributed by atoms with Crippen LogP contribution in [0.5, 0.6) is 0 Å². The molecule has 0 unspecified atom stereocenters. The number of carboxylic acids is 1. The molecule has 21 heavy (non-hydrogen) atoms. The molecule has 1 N–H and O–H groups in total. The van der Waals surface area contributed by atoms with Crippen molar-refractivity contribution in [1.29, 1.82) is 0 Å². The summed E-state index contributed by atoms with van der Waals surface area (Å²) < 4.78 is 0. The van der Waals surface area contributed by atoms with Gasteiger partial charge in [0.1, 0.15) is 0 Å². The van der Waals surface area contributed by atoms with E-state index in [0.29, 0.717) is 6.42 Å². The SMILES string of the molecule is Cc1ccccc1C#Cc1ccc(CCCC(=O)O)cc1. The lowest BCUT2D eigenvalue weighted by molar-refractivity contribution is -0.137. The molecule has 2 nitrogen and oxygen atoms in total. The van der Waals surface area contributed by atoms with Crippen molar-refractivity contribution < 1.29 is 9.90 Å². The first-order valence-electron chi connectivity index (χ1n) is 7.03. The van der Waals surface area contributed by atoms with Crippen LogP contribution in [-0.4, -0.2) is 11.1 Å². The van der Waals surface area contributed by atoms with Crippen molar-refractivity contribution in [2.45, 2.75) is 26.2 Å². The summed E-state index contributed by atoms with van der Waals surface area (Å²) in [5, 5.41) is 8.62. The fourth-order valence-electron chi connectivity index (χ4n) is 2.05. The minimum absolute atomic E-state index is 0.217. The van der Waals surface area contributed by atoms with E-state index in [4.69, 9.17) is 5.11 Å². The van der Waals surface area contributed by atoms with Gasteiger partial charge in [-0.2, -0.15) is 0 Å². The number of aryl methyl sites for hydroxylation is 2. The lowest BCUT2D eigenvalue weighted by Gasteiger charge is -2.00. The minimum Gasteiger partial charge on any atom is -0.481 e. The Balaban J connectivity index is 2.00. The number of hydrogen-bond donors (Lipinski definition) is 1. The smallest absolute Gasteiger partial charge is 0.303 e. The zero-order valence-electron chi connectivity index (χ0n) is 12.1. The third-order valence-electron chi connectivity index (χ3n) is 3.30. The molecule has 0 aliphatic carbocycles. The van der Waals surface area contributed by atoms with Crippen molar-refractivity contribution in [2.24, 2.45) is 0 Å². The molecule has 0 amide bonds. The standard InChI is InChI=1S/C19H18O2/c1-15-5-2-3-7-18(15)14-13-17-11-9-16(10-12-17)6-4-8-19(20)21/h2-3,5,7,9-12H,4,6,8H2,1H3,(H,20,21). The van der Waals surface area contributed by atoms with Crippen LogP contribution >= 0.6 is 0 Å². The van der Waals surface area contributed by atoms with Crippen LogP contribution in [0.15, 0.2) is 48.5 Å². The van der Waals surface area contributed by atoms with Crippen LogP contribution in [-0.2, 0) is 11.2 Å². The van der Waals surface area contributed by atoms with E-state index in [-0.39, 0.29) is 6.42 Å². The zero-order valence-corrected chi connectivity index (χ0v) is 12.1. The topological polar surface area (TPSA) is 37.3 Å². The third-order valence-corrected chi connectivity index (χ3v) is 3.30. The minimum atomic E-state index is -0.740. The quantitative estimate of drug-likeness (QED) is 0.864. The summed E-state index contributed by atoms with van der Waals surface area (Å²) in [6.45, 7) is 2.05. The summed E-state index contributed by atoms with van der Waals surface area (Å²) in [6.07, 6.45) is 1.68. The second kappa shape index (κ2) is 7.31. The van der Waals surface area contributed by atoms with Crippen molar-refractivity contribution in [3.8, 4) is 11.8 Å². The number of aliphatic carboxylic acids is 1. The molecule has 0 atom stereocenters. The van der Waals surface area contributed by atoms with E-state index in [1.807, 2.05) is 42.5 Å². The van der Waals surface area contributed by atoms with E-state index < -0.39 is 5.97 Å². The second-order valence-electron chi connectivity index (χ2n) is 5.01. The molecule has 0 saturated heterocycles. The van der Waals surface area contributed by atoms with Gasteiger partial charge in [0.2, 0.25) is 0 Å². The number of carbonyl (C=O) groups is 1. The molecule has 0 spiro atoms. The first kappa shape index (κ1) is 14.9. The molecule has 0 aromatic heterocycles. The molecule has 0 saturated carbocycles. The molecule has 2 aromatic carbocycles. The Labute approximate surface area is 125 Å². The van der Waals surface area contributed by atoms with Crippen molar-refractivity contribution in [3.63, 3.8) is 0 Å². The summed E-state index contributed by atoms with van der Waals surface area (Å²) >= 11 is 0. The van der Waals surface area contributed by atoms with E-state index in [0.717, 1.165) is 23.1 Å². The predicted octanol–water partition coefficient (Wildman–Crippen LogP) is 3.80. The highest BCUT2D eigenvalue weighted by Gasteiger charge is 1.98. The van der Waals surface area contributed by atoms with Gasteiger partial charge in [0.05, 0.1) is 0 Å². The van der Waals surface area contributed by atoms with Gasteiger partial charge >= 0.3 is 5.97 Å². The van der Waals surface area contributed by atoms with Gasteiger partial charge in [-0.3, -0.25) is 4.79 Å².